The van der Waals surface area contributed by atoms with Crippen molar-refractivity contribution in [3.63, 3.8) is 0 Å². The molecule has 0 saturated heterocycles. The lowest BCUT2D eigenvalue weighted by molar-refractivity contribution is -0.167. The van der Waals surface area contributed by atoms with Crippen LogP contribution in [0, 0.1) is 17.8 Å². The van der Waals surface area contributed by atoms with Crippen molar-refractivity contribution in [1.29, 1.82) is 0 Å². The van der Waals surface area contributed by atoms with Gasteiger partial charge in [-0.2, -0.15) is 0 Å². The molecule has 0 rings (SSSR count). The Balaban J connectivity index is 4.22. The van der Waals surface area contributed by atoms with Crippen molar-refractivity contribution < 1.29 is 28.6 Å². The molecule has 0 aromatic rings. The average Bonchev–Trinajstić information content (AvgIpc) is 3.29. The van der Waals surface area contributed by atoms with Gasteiger partial charge in [-0.1, -0.05) is 286 Å². The van der Waals surface area contributed by atoms with Crippen LogP contribution in [0.5, 0.6) is 0 Å². The van der Waals surface area contributed by atoms with Gasteiger partial charge in [0.2, 0.25) is 0 Å². The molecule has 0 aliphatic carbocycles. The molecule has 0 aliphatic heterocycles. The van der Waals surface area contributed by atoms with Gasteiger partial charge >= 0.3 is 17.9 Å². The zero-order valence-corrected chi connectivity index (χ0v) is 44.8. The second kappa shape index (κ2) is 50.3. The van der Waals surface area contributed by atoms with E-state index in [9.17, 15) is 14.4 Å². The maximum atomic E-state index is 12.8. The van der Waals surface area contributed by atoms with Crippen LogP contribution in [0.2, 0.25) is 0 Å². The van der Waals surface area contributed by atoms with E-state index < -0.39 is 6.10 Å². The highest BCUT2D eigenvalue weighted by Crippen LogP contribution is 2.19. The fraction of sp³-hybridized carbons (Fsp3) is 0.949. The molecule has 0 amide bonds. The molecular formula is C59H114O6. The van der Waals surface area contributed by atoms with E-state index in [1.165, 1.54) is 205 Å². The minimum atomic E-state index is -0.764. The smallest absolute Gasteiger partial charge is 0.306 e. The third-order valence-corrected chi connectivity index (χ3v) is 14.1. The first-order chi connectivity index (χ1) is 31.7. The van der Waals surface area contributed by atoms with Crippen LogP contribution in [0.15, 0.2) is 0 Å². The first-order valence-electron chi connectivity index (χ1n) is 29.2. The van der Waals surface area contributed by atoms with E-state index in [0.717, 1.165) is 75.5 Å². The van der Waals surface area contributed by atoms with Gasteiger partial charge in [0.05, 0.1) is 0 Å². The van der Waals surface area contributed by atoms with Gasteiger partial charge < -0.3 is 14.2 Å². The highest BCUT2D eigenvalue weighted by atomic mass is 16.6. The Labute approximate surface area is 406 Å². The lowest BCUT2D eigenvalue weighted by Gasteiger charge is -2.18. The first kappa shape index (κ1) is 63.4. The summed E-state index contributed by atoms with van der Waals surface area (Å²) in [6.07, 6.45) is 52.4. The molecule has 0 aliphatic rings. The summed E-state index contributed by atoms with van der Waals surface area (Å²) < 4.78 is 16.9. The first-order valence-corrected chi connectivity index (χ1v) is 29.2. The van der Waals surface area contributed by atoms with Crippen molar-refractivity contribution in [3.8, 4) is 0 Å². The van der Waals surface area contributed by atoms with Crippen LogP contribution < -0.4 is 0 Å². The van der Waals surface area contributed by atoms with Crippen LogP contribution in [0.4, 0.5) is 0 Å². The number of unbranched alkanes of at least 4 members (excludes halogenated alkanes) is 33. The zero-order chi connectivity index (χ0) is 47.7. The summed E-state index contributed by atoms with van der Waals surface area (Å²) >= 11 is 0. The minimum absolute atomic E-state index is 0.0641. The predicted molar refractivity (Wildman–Crippen MR) is 279 cm³/mol. The van der Waals surface area contributed by atoms with Crippen LogP contribution in [-0.4, -0.2) is 37.2 Å². The van der Waals surface area contributed by atoms with Crippen molar-refractivity contribution in [1.82, 2.24) is 0 Å². The Bertz CT molecular complexity index is 1010. The number of ether oxygens (including phenoxy) is 3. The van der Waals surface area contributed by atoms with Gasteiger partial charge in [0, 0.05) is 19.3 Å². The molecule has 0 heterocycles. The van der Waals surface area contributed by atoms with Gasteiger partial charge in [-0.25, -0.2) is 0 Å². The molecule has 6 heteroatoms. The Morgan fingerprint density at radius 1 is 0.308 bits per heavy atom. The van der Waals surface area contributed by atoms with Crippen molar-refractivity contribution >= 4 is 17.9 Å². The van der Waals surface area contributed by atoms with Gasteiger partial charge in [0.25, 0.3) is 0 Å². The number of rotatable bonds is 52. The summed E-state index contributed by atoms with van der Waals surface area (Å²) in [5.41, 5.74) is 0. The van der Waals surface area contributed by atoms with Crippen molar-refractivity contribution in [3.05, 3.63) is 0 Å². The van der Waals surface area contributed by atoms with Crippen molar-refractivity contribution in [2.75, 3.05) is 13.2 Å². The Hall–Kier alpha value is -1.59. The molecule has 6 nitrogen and oxygen atoms in total. The topological polar surface area (TPSA) is 78.9 Å². The highest BCUT2D eigenvalue weighted by molar-refractivity contribution is 5.71. The summed E-state index contributed by atoms with van der Waals surface area (Å²) in [5.74, 6) is 1.73. The van der Waals surface area contributed by atoms with Crippen molar-refractivity contribution in [2.24, 2.45) is 17.8 Å². The Kier molecular flexibility index (Phi) is 49.1. The molecule has 0 radical (unpaired) electrons. The molecule has 386 valence electrons. The van der Waals surface area contributed by atoms with Crippen LogP contribution in [-0.2, 0) is 28.6 Å². The van der Waals surface area contributed by atoms with Crippen LogP contribution >= 0.6 is 0 Å². The van der Waals surface area contributed by atoms with E-state index in [4.69, 9.17) is 14.2 Å². The van der Waals surface area contributed by atoms with Crippen LogP contribution in [0.3, 0.4) is 0 Å². The van der Waals surface area contributed by atoms with Crippen molar-refractivity contribution in [2.45, 2.75) is 330 Å². The highest BCUT2D eigenvalue weighted by Gasteiger charge is 2.19. The quantitative estimate of drug-likeness (QED) is 0.0344. The van der Waals surface area contributed by atoms with Gasteiger partial charge in [0.15, 0.2) is 6.10 Å². The summed E-state index contributed by atoms with van der Waals surface area (Å²) in [7, 11) is 0. The largest absolute Gasteiger partial charge is 0.462 e. The van der Waals surface area contributed by atoms with Gasteiger partial charge in [-0.15, -0.1) is 0 Å². The van der Waals surface area contributed by atoms with E-state index in [1.807, 2.05) is 0 Å². The van der Waals surface area contributed by atoms with E-state index in [2.05, 4.69) is 41.5 Å². The number of carbonyl (C=O) groups is 3. The molecule has 2 unspecified atom stereocenters. The molecule has 0 bridgehead atoms. The summed E-state index contributed by atoms with van der Waals surface area (Å²) in [4.78, 5) is 38.1. The summed E-state index contributed by atoms with van der Waals surface area (Å²) in [6.45, 7) is 13.8. The number of hydrogen-bond donors (Lipinski definition) is 0. The molecule has 0 saturated carbocycles. The fourth-order valence-electron chi connectivity index (χ4n) is 8.93. The van der Waals surface area contributed by atoms with Gasteiger partial charge in [-0.3, -0.25) is 14.4 Å². The Morgan fingerprint density at radius 3 is 0.800 bits per heavy atom. The van der Waals surface area contributed by atoms with E-state index in [0.29, 0.717) is 19.3 Å². The standard InChI is InChI=1S/C59H114O6/c1-7-54(5)46-40-34-28-22-17-15-13-11-9-10-12-14-16-18-23-30-36-42-48-57(60)63-51-56(65-59(62)50-44-38-32-26-25-29-35-41-47-55(6)8-2)52-64-58(61)49-43-37-31-24-20-19-21-27-33-39-45-53(3)4/h53-56H,7-52H2,1-6H3/t54?,55?,56-/m1/s1. The average molecular weight is 920 g/mol. The molecule has 0 fully saturated rings. The molecule has 0 aromatic heterocycles. The predicted octanol–water partition coefficient (Wildman–Crippen LogP) is 19.1. The Morgan fingerprint density at radius 2 is 0.538 bits per heavy atom. The lowest BCUT2D eigenvalue weighted by Crippen LogP contribution is -2.30. The SMILES string of the molecule is CCC(C)CCCCCCCCCCCCCCCCCCCCC(=O)OC[C@H](COC(=O)CCCCCCCCCCCCC(C)C)OC(=O)CCCCCCCCCCC(C)CC. The fourth-order valence-corrected chi connectivity index (χ4v) is 8.93. The normalized spacial score (nSPS) is 13.0. The van der Waals surface area contributed by atoms with Crippen LogP contribution in [0.25, 0.3) is 0 Å². The van der Waals surface area contributed by atoms with Crippen LogP contribution in [0.1, 0.15) is 324 Å². The molecule has 0 spiro atoms. The third-order valence-electron chi connectivity index (χ3n) is 14.1. The summed E-state index contributed by atoms with van der Waals surface area (Å²) in [6, 6.07) is 0. The zero-order valence-electron chi connectivity index (χ0n) is 44.8. The monoisotopic (exact) mass is 919 g/mol. The minimum Gasteiger partial charge on any atom is -0.462 e. The second-order valence-electron chi connectivity index (χ2n) is 21.2. The summed E-state index contributed by atoms with van der Waals surface area (Å²) in [5, 5.41) is 0. The number of esters is 3. The van der Waals surface area contributed by atoms with Gasteiger partial charge in [0.1, 0.15) is 13.2 Å². The third kappa shape index (κ3) is 50.1. The van der Waals surface area contributed by atoms with E-state index >= 15 is 0 Å². The maximum Gasteiger partial charge on any atom is 0.306 e. The molecule has 65 heavy (non-hydrogen) atoms. The molecular weight excluding hydrogens is 805 g/mol. The number of hydrogen-bond acceptors (Lipinski definition) is 6. The lowest BCUT2D eigenvalue weighted by atomic mass is 9.99. The molecule has 0 aromatic carbocycles. The van der Waals surface area contributed by atoms with Gasteiger partial charge in [-0.05, 0) is 37.0 Å². The molecule has 3 atom stereocenters. The number of carbonyl (C=O) groups excluding carboxylic acids is 3. The van der Waals surface area contributed by atoms with E-state index in [-0.39, 0.29) is 31.1 Å². The van der Waals surface area contributed by atoms with E-state index in [1.54, 1.807) is 0 Å². The second-order valence-corrected chi connectivity index (χ2v) is 21.2. The maximum absolute atomic E-state index is 12.8. The molecule has 0 N–H and O–H groups in total.